The number of anilines is 1. The van der Waals surface area contributed by atoms with E-state index in [0.717, 1.165) is 10.6 Å². The Kier molecular flexibility index (Phi) is 5.66. The molecule has 0 radical (unpaired) electrons. The summed E-state index contributed by atoms with van der Waals surface area (Å²) in [6.07, 6.45) is 2.47. The molecular weight excluding hydrogens is 438 g/mol. The molecule has 3 rings (SSSR count). The maximum atomic E-state index is 12.1. The van der Waals surface area contributed by atoms with Crippen LogP contribution >= 0.6 is 15.9 Å². The average molecular weight is 454 g/mol. The first-order valence-electron chi connectivity index (χ1n) is 7.78. The second-order valence-electron chi connectivity index (χ2n) is 5.63. The molecule has 0 fully saturated rings. The maximum absolute atomic E-state index is 12.1. The predicted octanol–water partition coefficient (Wildman–Crippen LogP) is 2.09. The molecule has 2 aromatic carbocycles. The zero-order valence-corrected chi connectivity index (χ0v) is 16.7. The molecule has 0 saturated heterocycles. The summed E-state index contributed by atoms with van der Waals surface area (Å²) < 4.78 is 36.3. The lowest BCUT2D eigenvalue weighted by atomic mass is 10.2. The average Bonchev–Trinajstić information content (AvgIpc) is 3.06. The summed E-state index contributed by atoms with van der Waals surface area (Å²) in [6, 6.07) is 11.8. The number of hydrazone groups is 1. The van der Waals surface area contributed by atoms with E-state index in [1.165, 1.54) is 6.21 Å². The van der Waals surface area contributed by atoms with Crippen molar-refractivity contribution in [3.8, 4) is 11.5 Å². The molecule has 1 heterocycles. The third-order valence-electron chi connectivity index (χ3n) is 3.62. The number of carbonyl (C=O) groups excluding carboxylic acids is 1. The number of benzene rings is 2. The van der Waals surface area contributed by atoms with Crippen LogP contribution in [0.15, 0.2) is 52.0 Å². The molecule has 27 heavy (non-hydrogen) atoms. The highest BCUT2D eigenvalue weighted by molar-refractivity contribution is 9.10. The van der Waals surface area contributed by atoms with E-state index in [0.29, 0.717) is 27.2 Å². The number of nitrogens with zero attached hydrogens (tertiary/aromatic N) is 2. The largest absolute Gasteiger partial charge is 0.454 e. The molecule has 142 valence electrons. The fraction of sp³-hybridized carbons (Fsp3) is 0.176. The summed E-state index contributed by atoms with van der Waals surface area (Å²) in [5, 5.41) is 3.88. The monoisotopic (exact) mass is 453 g/mol. The number of nitrogens with one attached hydrogen (secondary N) is 1. The summed E-state index contributed by atoms with van der Waals surface area (Å²) >= 11 is 3.39. The van der Waals surface area contributed by atoms with Crippen LogP contribution in [0.2, 0.25) is 0 Å². The summed E-state index contributed by atoms with van der Waals surface area (Å²) in [5.41, 5.74) is 3.40. The molecule has 1 N–H and O–H groups in total. The summed E-state index contributed by atoms with van der Waals surface area (Å²) in [7, 11) is -3.62. The Labute approximate surface area is 164 Å². The molecular formula is C17H16BrN3O5S. The minimum Gasteiger partial charge on any atom is -0.454 e. The van der Waals surface area contributed by atoms with Gasteiger partial charge < -0.3 is 9.47 Å². The number of hydrogen-bond acceptors (Lipinski definition) is 6. The molecule has 0 aliphatic carbocycles. The quantitative estimate of drug-likeness (QED) is 0.533. The Morgan fingerprint density at radius 3 is 2.59 bits per heavy atom. The lowest BCUT2D eigenvalue weighted by Gasteiger charge is -2.21. The highest BCUT2D eigenvalue weighted by Crippen LogP contribution is 2.36. The number of amides is 1. The lowest BCUT2D eigenvalue weighted by molar-refractivity contribution is -0.119. The van der Waals surface area contributed by atoms with Gasteiger partial charge in [0.25, 0.3) is 5.91 Å². The lowest BCUT2D eigenvalue weighted by Crippen LogP contribution is -2.38. The Hall–Kier alpha value is -2.59. The zero-order valence-electron chi connectivity index (χ0n) is 14.3. The maximum Gasteiger partial charge on any atom is 0.260 e. The van der Waals surface area contributed by atoms with E-state index in [2.05, 4.69) is 26.5 Å². The molecule has 0 saturated carbocycles. The minimum atomic E-state index is -3.62. The predicted molar refractivity (Wildman–Crippen MR) is 105 cm³/mol. The van der Waals surface area contributed by atoms with Crippen LogP contribution in [0.3, 0.4) is 0 Å². The van der Waals surface area contributed by atoms with Gasteiger partial charge in [0, 0.05) is 10.0 Å². The number of para-hydroxylation sites is 1. The molecule has 0 atom stereocenters. The van der Waals surface area contributed by atoms with Crippen molar-refractivity contribution in [2.24, 2.45) is 5.10 Å². The van der Waals surface area contributed by atoms with Crippen LogP contribution in [0, 0.1) is 0 Å². The first-order valence-corrected chi connectivity index (χ1v) is 10.4. The van der Waals surface area contributed by atoms with Gasteiger partial charge in [0.1, 0.15) is 6.54 Å². The number of hydrogen-bond donors (Lipinski definition) is 1. The van der Waals surface area contributed by atoms with Gasteiger partial charge in [-0.25, -0.2) is 13.8 Å². The third kappa shape index (κ3) is 4.77. The SMILES string of the molecule is CS(=O)(=O)N(CC(=O)NN=Cc1cc2c(cc1Br)OCO2)c1ccccc1. The topological polar surface area (TPSA) is 97.3 Å². The van der Waals surface area contributed by atoms with Gasteiger partial charge in [-0.1, -0.05) is 18.2 Å². The standard InChI is InChI=1S/C17H16BrN3O5S/c1-27(23,24)21(13-5-3-2-4-6-13)10-17(22)20-19-9-12-7-15-16(8-14(12)18)26-11-25-15/h2-9H,10-11H2,1H3,(H,20,22). The van der Waals surface area contributed by atoms with Crippen molar-refractivity contribution in [3.63, 3.8) is 0 Å². The van der Waals surface area contributed by atoms with E-state index < -0.39 is 15.9 Å². The van der Waals surface area contributed by atoms with Crippen LogP contribution in [0.25, 0.3) is 0 Å². The normalized spacial score (nSPS) is 13.0. The van der Waals surface area contributed by atoms with Gasteiger partial charge in [-0.3, -0.25) is 9.10 Å². The summed E-state index contributed by atoms with van der Waals surface area (Å²) in [5.74, 6) is 0.630. The van der Waals surface area contributed by atoms with Crippen LogP contribution < -0.4 is 19.2 Å². The van der Waals surface area contributed by atoms with Crippen LogP contribution in [0.5, 0.6) is 11.5 Å². The number of rotatable bonds is 6. The Morgan fingerprint density at radius 2 is 1.93 bits per heavy atom. The van der Waals surface area contributed by atoms with Crippen molar-refractivity contribution in [2.45, 2.75) is 0 Å². The third-order valence-corrected chi connectivity index (χ3v) is 5.44. The molecule has 10 heteroatoms. The highest BCUT2D eigenvalue weighted by Gasteiger charge is 2.20. The van der Waals surface area contributed by atoms with E-state index in [1.807, 2.05) is 0 Å². The molecule has 2 aromatic rings. The second kappa shape index (κ2) is 7.97. The van der Waals surface area contributed by atoms with Crippen molar-refractivity contribution < 1.29 is 22.7 Å². The number of sulfonamides is 1. The summed E-state index contributed by atoms with van der Waals surface area (Å²) in [6.45, 7) is -0.234. The smallest absolute Gasteiger partial charge is 0.260 e. The highest BCUT2D eigenvalue weighted by atomic mass is 79.9. The Balaban J connectivity index is 1.67. The number of fused-ring (bicyclic) bond motifs is 1. The van der Waals surface area contributed by atoms with Crippen molar-refractivity contribution in [1.29, 1.82) is 0 Å². The number of carbonyl (C=O) groups is 1. The minimum absolute atomic E-state index is 0.153. The van der Waals surface area contributed by atoms with Crippen molar-refractivity contribution >= 4 is 43.8 Å². The van der Waals surface area contributed by atoms with E-state index >= 15 is 0 Å². The fourth-order valence-electron chi connectivity index (χ4n) is 2.37. The molecule has 1 aliphatic rings. The molecule has 1 aliphatic heterocycles. The van der Waals surface area contributed by atoms with E-state index in [-0.39, 0.29) is 13.3 Å². The van der Waals surface area contributed by atoms with Crippen molar-refractivity contribution in [1.82, 2.24) is 5.43 Å². The van der Waals surface area contributed by atoms with E-state index in [4.69, 9.17) is 9.47 Å². The first kappa shape index (κ1) is 19.2. The molecule has 0 spiro atoms. The van der Waals surface area contributed by atoms with Gasteiger partial charge in [0.15, 0.2) is 11.5 Å². The number of ether oxygens (including phenoxy) is 2. The van der Waals surface area contributed by atoms with Crippen molar-refractivity contribution in [3.05, 3.63) is 52.5 Å². The van der Waals surface area contributed by atoms with Gasteiger partial charge in [0.05, 0.1) is 18.2 Å². The Bertz CT molecular complexity index is 980. The van der Waals surface area contributed by atoms with Gasteiger partial charge in [-0.05, 0) is 40.2 Å². The number of halogens is 1. The molecule has 8 nitrogen and oxygen atoms in total. The van der Waals surface area contributed by atoms with Crippen LogP contribution in [-0.2, 0) is 14.8 Å². The van der Waals surface area contributed by atoms with Crippen molar-refractivity contribution in [2.75, 3.05) is 23.9 Å². The molecule has 0 aromatic heterocycles. The molecule has 1 amide bonds. The van der Waals surface area contributed by atoms with Gasteiger partial charge in [0.2, 0.25) is 16.8 Å². The first-order chi connectivity index (χ1) is 12.8. The van der Waals surface area contributed by atoms with E-state index in [1.54, 1.807) is 42.5 Å². The molecule has 0 unspecified atom stereocenters. The van der Waals surface area contributed by atoms with Crippen LogP contribution in [0.1, 0.15) is 5.56 Å². The van der Waals surface area contributed by atoms with Crippen LogP contribution in [0.4, 0.5) is 5.69 Å². The molecule has 0 bridgehead atoms. The Morgan fingerprint density at radius 1 is 1.26 bits per heavy atom. The fourth-order valence-corrected chi connectivity index (χ4v) is 3.65. The van der Waals surface area contributed by atoms with Crippen LogP contribution in [-0.4, -0.2) is 40.1 Å². The van der Waals surface area contributed by atoms with Gasteiger partial charge in [-0.2, -0.15) is 5.10 Å². The van der Waals surface area contributed by atoms with Gasteiger partial charge >= 0.3 is 0 Å². The van der Waals surface area contributed by atoms with Gasteiger partial charge in [-0.15, -0.1) is 0 Å². The van der Waals surface area contributed by atoms with E-state index in [9.17, 15) is 13.2 Å². The second-order valence-corrected chi connectivity index (χ2v) is 8.39. The zero-order chi connectivity index (χ0) is 19.4. The summed E-state index contributed by atoms with van der Waals surface area (Å²) in [4.78, 5) is 12.1.